The Kier molecular flexibility index (Phi) is 8.92. The van der Waals surface area contributed by atoms with E-state index in [2.05, 4.69) is 5.32 Å². The molecule has 2 saturated heterocycles. The minimum Gasteiger partial charge on any atom is -0.354 e. The summed E-state index contributed by atoms with van der Waals surface area (Å²) in [5.41, 5.74) is 6.49. The zero-order valence-corrected chi connectivity index (χ0v) is 17.5. The SMILES string of the molecule is Cl.NCCC(=O)NCC1CCCCN1C(=O)C1CC(=O)N(Cc2ccccc2)C1. The minimum absolute atomic E-state index is 0. The maximum absolute atomic E-state index is 13.1. The number of hydrogen-bond acceptors (Lipinski definition) is 4. The van der Waals surface area contributed by atoms with Gasteiger partial charge in [0.05, 0.1) is 5.92 Å². The molecule has 2 aliphatic heterocycles. The number of nitrogens with two attached hydrogens (primary N) is 1. The molecule has 0 spiro atoms. The van der Waals surface area contributed by atoms with Crippen molar-refractivity contribution in [3.05, 3.63) is 35.9 Å². The highest BCUT2D eigenvalue weighted by atomic mass is 35.5. The first-order chi connectivity index (χ1) is 13.6. The van der Waals surface area contributed by atoms with E-state index in [4.69, 9.17) is 5.73 Å². The van der Waals surface area contributed by atoms with Crippen LogP contribution in [0.25, 0.3) is 0 Å². The summed E-state index contributed by atoms with van der Waals surface area (Å²) in [6.07, 6.45) is 3.46. The Morgan fingerprint density at radius 2 is 1.93 bits per heavy atom. The molecule has 0 aromatic heterocycles. The number of halogens is 1. The van der Waals surface area contributed by atoms with Crippen LogP contribution in [0, 0.1) is 5.92 Å². The normalized spacial score (nSPS) is 21.6. The highest BCUT2D eigenvalue weighted by molar-refractivity contribution is 5.89. The van der Waals surface area contributed by atoms with Crippen LogP contribution in [0.15, 0.2) is 30.3 Å². The molecular weight excluding hydrogens is 392 g/mol. The maximum Gasteiger partial charge on any atom is 0.228 e. The van der Waals surface area contributed by atoms with Crippen LogP contribution in [0.2, 0.25) is 0 Å². The van der Waals surface area contributed by atoms with Gasteiger partial charge in [0.25, 0.3) is 0 Å². The molecule has 0 saturated carbocycles. The van der Waals surface area contributed by atoms with E-state index in [1.54, 1.807) is 4.90 Å². The second-order valence-electron chi connectivity index (χ2n) is 7.68. The number of piperidine rings is 1. The lowest BCUT2D eigenvalue weighted by Gasteiger charge is -2.37. The number of carbonyl (C=O) groups excluding carboxylic acids is 3. The number of nitrogens with zero attached hydrogens (tertiary/aromatic N) is 2. The molecule has 7 nitrogen and oxygen atoms in total. The summed E-state index contributed by atoms with van der Waals surface area (Å²) in [5.74, 6) is -0.296. The Bertz CT molecular complexity index is 700. The molecule has 2 heterocycles. The quantitative estimate of drug-likeness (QED) is 0.692. The Balaban J connectivity index is 0.00000300. The molecule has 8 heteroatoms. The van der Waals surface area contributed by atoms with E-state index in [1.165, 1.54) is 0 Å². The number of rotatable bonds is 7. The summed E-state index contributed by atoms with van der Waals surface area (Å²) in [4.78, 5) is 41.0. The zero-order valence-electron chi connectivity index (χ0n) is 16.7. The molecular formula is C21H31ClN4O3. The van der Waals surface area contributed by atoms with Crippen molar-refractivity contribution in [3.8, 4) is 0 Å². The number of nitrogens with one attached hydrogen (secondary N) is 1. The largest absolute Gasteiger partial charge is 0.354 e. The molecule has 2 unspecified atom stereocenters. The predicted molar refractivity (Wildman–Crippen MR) is 113 cm³/mol. The molecule has 3 amide bonds. The molecule has 3 rings (SSSR count). The lowest BCUT2D eigenvalue weighted by molar-refractivity contribution is -0.139. The Morgan fingerprint density at radius 1 is 1.17 bits per heavy atom. The van der Waals surface area contributed by atoms with Gasteiger partial charge >= 0.3 is 0 Å². The summed E-state index contributed by atoms with van der Waals surface area (Å²) in [7, 11) is 0. The molecule has 0 bridgehead atoms. The first-order valence-corrected chi connectivity index (χ1v) is 10.2. The fourth-order valence-electron chi connectivity index (χ4n) is 4.08. The molecule has 0 radical (unpaired) electrons. The smallest absolute Gasteiger partial charge is 0.228 e. The van der Waals surface area contributed by atoms with E-state index < -0.39 is 0 Å². The van der Waals surface area contributed by atoms with Crippen LogP contribution in [0.5, 0.6) is 0 Å². The standard InChI is InChI=1S/C21H30N4O3.ClH/c22-10-9-19(26)23-13-18-8-4-5-11-25(18)21(28)17-12-20(27)24(15-17)14-16-6-2-1-3-7-16;/h1-3,6-7,17-18H,4-5,8-15,22H2,(H,23,26);1H. The van der Waals surface area contributed by atoms with Gasteiger partial charge in [0.15, 0.2) is 0 Å². The fourth-order valence-corrected chi connectivity index (χ4v) is 4.08. The average Bonchev–Trinajstić information content (AvgIpc) is 3.07. The van der Waals surface area contributed by atoms with Crippen LogP contribution in [0.4, 0.5) is 0 Å². The van der Waals surface area contributed by atoms with Crippen LogP contribution < -0.4 is 11.1 Å². The first kappa shape index (κ1) is 23.2. The molecule has 2 atom stereocenters. The van der Waals surface area contributed by atoms with Crippen molar-refractivity contribution < 1.29 is 14.4 Å². The summed E-state index contributed by atoms with van der Waals surface area (Å²) in [6, 6.07) is 9.84. The molecule has 0 aliphatic carbocycles. The van der Waals surface area contributed by atoms with Crippen molar-refractivity contribution in [1.82, 2.24) is 15.1 Å². The monoisotopic (exact) mass is 422 g/mol. The molecule has 3 N–H and O–H groups in total. The van der Waals surface area contributed by atoms with Crippen molar-refractivity contribution in [2.45, 2.75) is 44.7 Å². The lowest BCUT2D eigenvalue weighted by atomic mass is 9.98. The van der Waals surface area contributed by atoms with Crippen LogP contribution in [0.1, 0.15) is 37.7 Å². The van der Waals surface area contributed by atoms with E-state index in [9.17, 15) is 14.4 Å². The van der Waals surface area contributed by atoms with Gasteiger partial charge in [-0.25, -0.2) is 0 Å². The van der Waals surface area contributed by atoms with Gasteiger partial charge in [0.1, 0.15) is 0 Å². The summed E-state index contributed by atoms with van der Waals surface area (Å²) >= 11 is 0. The second-order valence-corrected chi connectivity index (χ2v) is 7.68. The third-order valence-electron chi connectivity index (χ3n) is 5.60. The molecule has 1 aromatic carbocycles. The second kappa shape index (κ2) is 11.2. The molecule has 29 heavy (non-hydrogen) atoms. The zero-order chi connectivity index (χ0) is 19.9. The molecule has 160 valence electrons. The number of amides is 3. The van der Waals surface area contributed by atoms with Gasteiger partial charge in [0.2, 0.25) is 17.7 Å². The fraction of sp³-hybridized carbons (Fsp3) is 0.571. The summed E-state index contributed by atoms with van der Waals surface area (Å²) in [6.45, 7) is 2.48. The van der Waals surface area contributed by atoms with E-state index in [0.29, 0.717) is 39.1 Å². The van der Waals surface area contributed by atoms with E-state index in [0.717, 1.165) is 24.8 Å². The third-order valence-corrected chi connectivity index (χ3v) is 5.60. The topological polar surface area (TPSA) is 95.7 Å². The van der Waals surface area contributed by atoms with Crippen LogP contribution in [-0.4, -0.2) is 59.7 Å². The van der Waals surface area contributed by atoms with Gasteiger partial charge in [-0.1, -0.05) is 30.3 Å². The van der Waals surface area contributed by atoms with Gasteiger partial charge in [-0.3, -0.25) is 14.4 Å². The van der Waals surface area contributed by atoms with E-state index in [1.807, 2.05) is 35.2 Å². The predicted octanol–water partition coefficient (Wildman–Crippen LogP) is 1.30. The Morgan fingerprint density at radius 3 is 2.66 bits per heavy atom. The van der Waals surface area contributed by atoms with Crippen molar-refractivity contribution in [3.63, 3.8) is 0 Å². The van der Waals surface area contributed by atoms with Gasteiger partial charge in [-0.05, 0) is 24.8 Å². The number of likely N-dealkylation sites (tertiary alicyclic amines) is 2. The molecule has 2 fully saturated rings. The third kappa shape index (κ3) is 6.18. The van der Waals surface area contributed by atoms with Gasteiger partial charge in [0, 0.05) is 51.6 Å². The van der Waals surface area contributed by atoms with Crippen molar-refractivity contribution in [2.75, 3.05) is 26.2 Å². The highest BCUT2D eigenvalue weighted by Gasteiger charge is 2.38. The van der Waals surface area contributed by atoms with E-state index in [-0.39, 0.29) is 48.5 Å². The van der Waals surface area contributed by atoms with E-state index >= 15 is 0 Å². The van der Waals surface area contributed by atoms with Gasteiger partial charge in [-0.15, -0.1) is 12.4 Å². The average molecular weight is 423 g/mol. The van der Waals surface area contributed by atoms with Gasteiger partial charge in [-0.2, -0.15) is 0 Å². The van der Waals surface area contributed by atoms with Crippen LogP contribution >= 0.6 is 12.4 Å². The van der Waals surface area contributed by atoms with Crippen molar-refractivity contribution in [2.24, 2.45) is 11.7 Å². The lowest BCUT2D eigenvalue weighted by Crippen LogP contribution is -2.51. The number of benzene rings is 1. The van der Waals surface area contributed by atoms with Crippen LogP contribution in [0.3, 0.4) is 0 Å². The van der Waals surface area contributed by atoms with Crippen LogP contribution in [-0.2, 0) is 20.9 Å². The number of hydrogen-bond donors (Lipinski definition) is 2. The van der Waals surface area contributed by atoms with Crippen molar-refractivity contribution in [1.29, 1.82) is 0 Å². The van der Waals surface area contributed by atoms with Crippen molar-refractivity contribution >= 4 is 30.1 Å². The Labute approximate surface area is 178 Å². The minimum atomic E-state index is -0.295. The first-order valence-electron chi connectivity index (χ1n) is 10.2. The summed E-state index contributed by atoms with van der Waals surface area (Å²) < 4.78 is 0. The maximum atomic E-state index is 13.1. The molecule has 2 aliphatic rings. The van der Waals surface area contributed by atoms with Gasteiger partial charge < -0.3 is 20.9 Å². The summed E-state index contributed by atoms with van der Waals surface area (Å²) in [5, 5.41) is 2.89. The highest BCUT2D eigenvalue weighted by Crippen LogP contribution is 2.26. The number of carbonyl (C=O) groups is 3. The molecule has 1 aromatic rings. The Hall–Kier alpha value is -2.12.